The molecule has 0 saturated carbocycles. The molecule has 2 N–H and O–H groups in total. The Morgan fingerprint density at radius 1 is 1.38 bits per heavy atom. The Morgan fingerprint density at radius 2 is 2.14 bits per heavy atom. The van der Waals surface area contributed by atoms with E-state index in [4.69, 9.17) is 16.3 Å². The number of aliphatic hydroxyl groups is 1. The number of hydrogen-bond donors (Lipinski definition) is 2. The molecule has 4 nitrogen and oxygen atoms in total. The Hall–Kier alpha value is -1.10. The largest absolute Gasteiger partial charge is 0.388 e. The molecule has 1 fully saturated rings. The number of aliphatic hydroxyl groups excluding tert-OH is 1. The normalized spacial score (nSPS) is 20.0. The fourth-order valence-electron chi connectivity index (χ4n) is 2.46. The Morgan fingerprint density at radius 3 is 2.81 bits per heavy atom. The third-order valence-electron chi connectivity index (χ3n) is 3.70. The lowest BCUT2D eigenvalue weighted by Crippen LogP contribution is -2.30. The number of benzene rings is 1. The van der Waals surface area contributed by atoms with Crippen molar-refractivity contribution in [2.45, 2.75) is 44.3 Å². The molecule has 1 aliphatic heterocycles. The van der Waals surface area contributed by atoms with Crippen molar-refractivity contribution < 1.29 is 14.6 Å². The summed E-state index contributed by atoms with van der Waals surface area (Å²) in [5.74, 6) is -0.145. The van der Waals surface area contributed by atoms with Crippen molar-refractivity contribution in [2.24, 2.45) is 0 Å². The van der Waals surface area contributed by atoms with Crippen LogP contribution < -0.4 is 5.32 Å². The van der Waals surface area contributed by atoms with E-state index in [0.717, 1.165) is 25.9 Å². The van der Waals surface area contributed by atoms with E-state index in [9.17, 15) is 9.90 Å². The van der Waals surface area contributed by atoms with Gasteiger partial charge in [0.1, 0.15) is 0 Å². The predicted octanol–water partition coefficient (Wildman–Crippen LogP) is 2.84. The third kappa shape index (κ3) is 5.65. The van der Waals surface area contributed by atoms with Gasteiger partial charge in [0.05, 0.1) is 18.6 Å². The highest BCUT2D eigenvalue weighted by Crippen LogP contribution is 2.19. The van der Waals surface area contributed by atoms with E-state index >= 15 is 0 Å². The molecule has 1 aliphatic rings. The number of amides is 1. The molecule has 0 radical (unpaired) electrons. The lowest BCUT2D eigenvalue weighted by Gasteiger charge is -2.22. The summed E-state index contributed by atoms with van der Waals surface area (Å²) in [4.78, 5) is 11.8. The van der Waals surface area contributed by atoms with Crippen LogP contribution in [-0.4, -0.2) is 30.3 Å². The van der Waals surface area contributed by atoms with Gasteiger partial charge in [0, 0.05) is 18.2 Å². The maximum atomic E-state index is 11.8. The van der Waals surface area contributed by atoms with Gasteiger partial charge in [-0.25, -0.2) is 0 Å². The number of halogens is 1. The zero-order valence-electron chi connectivity index (χ0n) is 12.1. The number of carbonyl (C=O) groups excluding carboxylic acids is 1. The van der Waals surface area contributed by atoms with Crippen LogP contribution in [-0.2, 0) is 9.53 Å². The van der Waals surface area contributed by atoms with Crippen molar-refractivity contribution >= 4 is 17.5 Å². The summed E-state index contributed by atoms with van der Waals surface area (Å²) in [6, 6.07) is 6.88. The third-order valence-corrected chi connectivity index (χ3v) is 3.95. The summed E-state index contributed by atoms with van der Waals surface area (Å²) in [5.41, 5.74) is 0.699. The quantitative estimate of drug-likeness (QED) is 0.849. The van der Waals surface area contributed by atoms with E-state index in [-0.39, 0.29) is 18.4 Å². The van der Waals surface area contributed by atoms with E-state index in [1.807, 2.05) is 0 Å². The molecular formula is C16H22ClNO3. The highest BCUT2D eigenvalue weighted by molar-refractivity contribution is 6.30. The molecule has 2 rings (SSSR count). The maximum Gasteiger partial charge on any atom is 0.222 e. The molecule has 0 unspecified atom stereocenters. The molecular weight excluding hydrogens is 290 g/mol. The minimum Gasteiger partial charge on any atom is -0.388 e. The summed E-state index contributed by atoms with van der Waals surface area (Å²) < 4.78 is 5.61. The van der Waals surface area contributed by atoms with Crippen LogP contribution in [0.15, 0.2) is 24.3 Å². The molecule has 1 aromatic carbocycles. The summed E-state index contributed by atoms with van der Waals surface area (Å²) in [7, 11) is 0. The first-order valence-electron chi connectivity index (χ1n) is 7.47. The average molecular weight is 312 g/mol. The lowest BCUT2D eigenvalue weighted by atomic mass is 10.1. The summed E-state index contributed by atoms with van der Waals surface area (Å²) in [6.07, 6.45) is 3.77. The molecule has 1 amide bonds. The monoisotopic (exact) mass is 311 g/mol. The van der Waals surface area contributed by atoms with Gasteiger partial charge in [-0.15, -0.1) is 0 Å². The van der Waals surface area contributed by atoms with Gasteiger partial charge < -0.3 is 15.2 Å². The Bertz CT molecular complexity index is 443. The number of hydrogen-bond acceptors (Lipinski definition) is 3. The minimum absolute atomic E-state index is 0.0627. The molecule has 5 heteroatoms. The fourth-order valence-corrected chi connectivity index (χ4v) is 2.58. The number of carbonyl (C=O) groups is 1. The topological polar surface area (TPSA) is 58.6 Å². The van der Waals surface area contributed by atoms with Crippen molar-refractivity contribution in [3.8, 4) is 0 Å². The van der Waals surface area contributed by atoms with Crippen LogP contribution in [0.1, 0.15) is 43.8 Å². The summed E-state index contributed by atoms with van der Waals surface area (Å²) >= 11 is 5.79. The smallest absolute Gasteiger partial charge is 0.222 e. The highest BCUT2D eigenvalue weighted by atomic mass is 35.5. The van der Waals surface area contributed by atoms with Crippen LogP contribution in [0.5, 0.6) is 0 Å². The van der Waals surface area contributed by atoms with Gasteiger partial charge in [0.2, 0.25) is 5.91 Å². The average Bonchev–Trinajstić information content (AvgIpc) is 2.49. The Balaban J connectivity index is 1.67. The van der Waals surface area contributed by atoms with E-state index in [0.29, 0.717) is 17.1 Å². The molecule has 2 atom stereocenters. The van der Waals surface area contributed by atoms with Gasteiger partial charge in [0.15, 0.2) is 0 Å². The lowest BCUT2D eigenvalue weighted by molar-refractivity contribution is -0.123. The second kappa shape index (κ2) is 8.37. The van der Waals surface area contributed by atoms with Gasteiger partial charge >= 0.3 is 0 Å². The van der Waals surface area contributed by atoms with Gasteiger partial charge in [-0.2, -0.15) is 0 Å². The van der Waals surface area contributed by atoms with E-state index in [2.05, 4.69) is 5.32 Å². The van der Waals surface area contributed by atoms with Crippen LogP contribution in [0, 0.1) is 0 Å². The SMILES string of the molecule is O=C(C[C@@H](O)c1ccc(Cl)cc1)NCC[C@@H]1CCCCO1. The molecule has 21 heavy (non-hydrogen) atoms. The van der Waals surface area contributed by atoms with E-state index in [1.54, 1.807) is 24.3 Å². The van der Waals surface area contributed by atoms with Gasteiger partial charge in [-0.3, -0.25) is 4.79 Å². The zero-order valence-corrected chi connectivity index (χ0v) is 12.8. The van der Waals surface area contributed by atoms with Crippen molar-refractivity contribution in [3.05, 3.63) is 34.9 Å². The first-order chi connectivity index (χ1) is 10.1. The first-order valence-corrected chi connectivity index (χ1v) is 7.85. The van der Waals surface area contributed by atoms with Crippen molar-refractivity contribution in [1.82, 2.24) is 5.32 Å². The van der Waals surface area contributed by atoms with E-state index < -0.39 is 6.10 Å². The van der Waals surface area contributed by atoms with Crippen LogP contribution in [0.3, 0.4) is 0 Å². The van der Waals surface area contributed by atoms with Crippen LogP contribution in [0.25, 0.3) is 0 Å². The van der Waals surface area contributed by atoms with E-state index in [1.165, 1.54) is 6.42 Å². The van der Waals surface area contributed by atoms with Gasteiger partial charge in [0.25, 0.3) is 0 Å². The number of nitrogens with one attached hydrogen (secondary N) is 1. The predicted molar refractivity (Wildman–Crippen MR) is 82.2 cm³/mol. The summed E-state index contributed by atoms with van der Waals surface area (Å²) in [6.45, 7) is 1.42. The molecule has 1 saturated heterocycles. The first kappa shape index (κ1) is 16.3. The standard InChI is InChI=1S/C16H22ClNO3/c17-13-6-4-12(5-7-13)15(19)11-16(20)18-9-8-14-3-1-2-10-21-14/h4-7,14-15,19H,1-3,8-11H2,(H,18,20)/t14-,15+/m0/s1. The molecule has 0 spiro atoms. The fraction of sp³-hybridized carbons (Fsp3) is 0.562. The second-order valence-electron chi connectivity index (χ2n) is 5.40. The number of rotatable bonds is 6. The van der Waals surface area contributed by atoms with Gasteiger partial charge in [-0.1, -0.05) is 23.7 Å². The highest BCUT2D eigenvalue weighted by Gasteiger charge is 2.15. The van der Waals surface area contributed by atoms with Crippen molar-refractivity contribution in [3.63, 3.8) is 0 Å². The Kier molecular flexibility index (Phi) is 6.49. The zero-order chi connectivity index (χ0) is 15.1. The number of ether oxygens (including phenoxy) is 1. The van der Waals surface area contributed by atoms with Crippen LogP contribution in [0.2, 0.25) is 5.02 Å². The molecule has 116 valence electrons. The second-order valence-corrected chi connectivity index (χ2v) is 5.84. The van der Waals surface area contributed by atoms with Crippen LogP contribution >= 0.6 is 11.6 Å². The molecule has 0 bridgehead atoms. The van der Waals surface area contributed by atoms with Gasteiger partial charge in [-0.05, 0) is 43.4 Å². The molecule has 0 aliphatic carbocycles. The molecule has 0 aromatic heterocycles. The molecule has 1 heterocycles. The maximum absolute atomic E-state index is 11.8. The molecule has 1 aromatic rings. The van der Waals surface area contributed by atoms with Crippen molar-refractivity contribution in [1.29, 1.82) is 0 Å². The van der Waals surface area contributed by atoms with Crippen LogP contribution in [0.4, 0.5) is 0 Å². The summed E-state index contributed by atoms with van der Waals surface area (Å²) in [5, 5.41) is 13.5. The minimum atomic E-state index is -0.798. The Labute approximate surface area is 130 Å². The van der Waals surface area contributed by atoms with Crippen molar-refractivity contribution in [2.75, 3.05) is 13.2 Å².